The molecule has 2 aromatic rings. The molecule has 0 bridgehead atoms. The predicted octanol–water partition coefficient (Wildman–Crippen LogP) is 2.14. The first-order valence-electron chi connectivity index (χ1n) is 6.38. The molecule has 0 aliphatic heterocycles. The molecule has 3 rings (SSSR count). The SMILES string of the molecule is O=c1oc(=O)n(CC2CCCC2)c2ccccc12. The summed E-state index contributed by atoms with van der Waals surface area (Å²) in [5.74, 6) is -0.00981. The van der Waals surface area contributed by atoms with Crippen LogP contribution >= 0.6 is 0 Å². The van der Waals surface area contributed by atoms with Crippen LogP contribution in [0, 0.1) is 5.92 Å². The molecule has 1 aliphatic carbocycles. The van der Waals surface area contributed by atoms with Gasteiger partial charge in [0.1, 0.15) is 0 Å². The number of hydrogen-bond donors (Lipinski definition) is 0. The number of hydrogen-bond acceptors (Lipinski definition) is 3. The fraction of sp³-hybridized carbons (Fsp3) is 0.429. The van der Waals surface area contributed by atoms with E-state index in [4.69, 9.17) is 4.42 Å². The highest BCUT2D eigenvalue weighted by atomic mass is 16.4. The molecule has 0 unspecified atom stereocenters. The Morgan fingerprint density at radius 1 is 1.17 bits per heavy atom. The highest BCUT2D eigenvalue weighted by Crippen LogP contribution is 2.26. The predicted molar refractivity (Wildman–Crippen MR) is 68.7 cm³/mol. The van der Waals surface area contributed by atoms with Crippen molar-refractivity contribution in [2.75, 3.05) is 0 Å². The lowest BCUT2D eigenvalue weighted by molar-refractivity contribution is 0.375. The maximum atomic E-state index is 11.8. The van der Waals surface area contributed by atoms with Crippen LogP contribution in [0.15, 0.2) is 38.3 Å². The van der Waals surface area contributed by atoms with Crippen molar-refractivity contribution in [1.29, 1.82) is 0 Å². The molecule has 0 atom stereocenters. The summed E-state index contributed by atoms with van der Waals surface area (Å²) in [6.07, 6.45) is 4.77. The minimum Gasteiger partial charge on any atom is -0.372 e. The Morgan fingerprint density at radius 3 is 2.67 bits per heavy atom. The van der Waals surface area contributed by atoms with E-state index >= 15 is 0 Å². The molecular weight excluding hydrogens is 230 g/mol. The summed E-state index contributed by atoms with van der Waals surface area (Å²) in [6.45, 7) is 0.656. The number of benzene rings is 1. The van der Waals surface area contributed by atoms with E-state index < -0.39 is 11.4 Å². The first-order chi connectivity index (χ1) is 8.75. The van der Waals surface area contributed by atoms with Gasteiger partial charge in [-0.1, -0.05) is 25.0 Å². The second-order valence-corrected chi connectivity index (χ2v) is 4.93. The highest BCUT2D eigenvalue weighted by molar-refractivity contribution is 5.77. The Kier molecular flexibility index (Phi) is 2.78. The molecule has 0 radical (unpaired) electrons. The van der Waals surface area contributed by atoms with Crippen molar-refractivity contribution >= 4 is 10.9 Å². The molecule has 4 heteroatoms. The van der Waals surface area contributed by atoms with Crippen molar-refractivity contribution < 1.29 is 4.42 Å². The van der Waals surface area contributed by atoms with Crippen molar-refractivity contribution in [2.45, 2.75) is 32.2 Å². The van der Waals surface area contributed by atoms with E-state index in [1.54, 1.807) is 16.7 Å². The van der Waals surface area contributed by atoms with Crippen LogP contribution in [0.2, 0.25) is 0 Å². The van der Waals surface area contributed by atoms with E-state index in [-0.39, 0.29) is 0 Å². The molecular formula is C14H15NO3. The Labute approximate surface area is 104 Å². The van der Waals surface area contributed by atoms with Crippen LogP contribution in [0.1, 0.15) is 25.7 Å². The molecule has 1 fully saturated rings. The average molecular weight is 245 g/mol. The molecule has 1 saturated carbocycles. The quantitative estimate of drug-likeness (QED) is 0.814. The standard InChI is InChI=1S/C14H15NO3/c16-13-11-7-3-4-8-12(11)15(14(17)18-13)9-10-5-1-2-6-10/h3-4,7-8,10H,1-2,5-6,9H2. The fourth-order valence-corrected chi connectivity index (χ4v) is 2.79. The molecule has 0 amide bonds. The summed E-state index contributed by atoms with van der Waals surface area (Å²) in [6, 6.07) is 7.13. The molecule has 1 aliphatic rings. The first-order valence-corrected chi connectivity index (χ1v) is 6.38. The molecule has 0 saturated heterocycles. The molecule has 1 aromatic heterocycles. The smallest absolute Gasteiger partial charge is 0.372 e. The summed E-state index contributed by atoms with van der Waals surface area (Å²) < 4.78 is 6.39. The van der Waals surface area contributed by atoms with E-state index in [0.717, 1.165) is 12.8 Å². The Hall–Kier alpha value is -1.84. The number of para-hydroxylation sites is 1. The van der Waals surface area contributed by atoms with Gasteiger partial charge in [-0.25, -0.2) is 9.59 Å². The normalized spacial score (nSPS) is 16.4. The van der Waals surface area contributed by atoms with Gasteiger partial charge in [0, 0.05) is 6.54 Å². The number of fused-ring (bicyclic) bond motifs is 1. The van der Waals surface area contributed by atoms with Crippen molar-refractivity contribution in [3.05, 3.63) is 45.2 Å². The molecule has 94 valence electrons. The molecule has 1 aromatic carbocycles. The Bertz CT molecular complexity index is 677. The Balaban J connectivity index is 2.15. The van der Waals surface area contributed by atoms with Crippen LogP contribution in [0.4, 0.5) is 0 Å². The van der Waals surface area contributed by atoms with Gasteiger partial charge < -0.3 is 4.42 Å². The molecule has 0 N–H and O–H groups in total. The third kappa shape index (κ3) is 1.88. The van der Waals surface area contributed by atoms with Crippen LogP contribution in [-0.4, -0.2) is 4.57 Å². The topological polar surface area (TPSA) is 52.2 Å². The van der Waals surface area contributed by atoms with Gasteiger partial charge in [0.2, 0.25) is 0 Å². The van der Waals surface area contributed by atoms with Gasteiger partial charge in [0.25, 0.3) is 0 Å². The second-order valence-electron chi connectivity index (χ2n) is 4.93. The molecule has 1 heterocycles. The lowest BCUT2D eigenvalue weighted by atomic mass is 10.1. The number of aromatic nitrogens is 1. The minimum absolute atomic E-state index is 0.482. The summed E-state index contributed by atoms with van der Waals surface area (Å²) >= 11 is 0. The second kappa shape index (κ2) is 4.44. The zero-order valence-corrected chi connectivity index (χ0v) is 10.1. The van der Waals surface area contributed by atoms with E-state index in [0.29, 0.717) is 23.4 Å². The fourth-order valence-electron chi connectivity index (χ4n) is 2.79. The summed E-state index contributed by atoms with van der Waals surface area (Å²) in [7, 11) is 0. The first kappa shape index (κ1) is 11.3. The van der Waals surface area contributed by atoms with Gasteiger partial charge in [-0.05, 0) is 30.9 Å². The maximum Gasteiger partial charge on any atom is 0.422 e. The van der Waals surface area contributed by atoms with Crippen LogP contribution in [-0.2, 0) is 6.54 Å². The lowest BCUT2D eigenvalue weighted by Crippen LogP contribution is -2.27. The van der Waals surface area contributed by atoms with E-state index in [1.807, 2.05) is 12.1 Å². The van der Waals surface area contributed by atoms with E-state index in [1.165, 1.54) is 12.8 Å². The van der Waals surface area contributed by atoms with Crippen LogP contribution in [0.3, 0.4) is 0 Å². The molecule has 4 nitrogen and oxygen atoms in total. The highest BCUT2D eigenvalue weighted by Gasteiger charge is 2.18. The van der Waals surface area contributed by atoms with Gasteiger partial charge >= 0.3 is 11.4 Å². The number of rotatable bonds is 2. The van der Waals surface area contributed by atoms with Crippen LogP contribution in [0.25, 0.3) is 10.9 Å². The zero-order valence-electron chi connectivity index (χ0n) is 10.1. The van der Waals surface area contributed by atoms with E-state index in [9.17, 15) is 9.59 Å². The van der Waals surface area contributed by atoms with Crippen molar-refractivity contribution in [2.24, 2.45) is 5.92 Å². The van der Waals surface area contributed by atoms with E-state index in [2.05, 4.69) is 0 Å². The van der Waals surface area contributed by atoms with Gasteiger partial charge in [-0.15, -0.1) is 0 Å². The number of nitrogens with zero attached hydrogens (tertiary/aromatic N) is 1. The summed E-state index contributed by atoms with van der Waals surface area (Å²) in [5.41, 5.74) is 0.143. The monoisotopic (exact) mass is 245 g/mol. The van der Waals surface area contributed by atoms with Gasteiger partial charge in [0.05, 0.1) is 10.9 Å². The van der Waals surface area contributed by atoms with Gasteiger partial charge in [-0.3, -0.25) is 4.57 Å². The zero-order chi connectivity index (χ0) is 12.5. The van der Waals surface area contributed by atoms with Crippen molar-refractivity contribution in [1.82, 2.24) is 4.57 Å². The largest absolute Gasteiger partial charge is 0.422 e. The van der Waals surface area contributed by atoms with Crippen LogP contribution < -0.4 is 11.4 Å². The third-order valence-electron chi connectivity index (χ3n) is 3.73. The van der Waals surface area contributed by atoms with Crippen molar-refractivity contribution in [3.8, 4) is 0 Å². The molecule has 0 spiro atoms. The maximum absolute atomic E-state index is 11.8. The summed E-state index contributed by atoms with van der Waals surface area (Å²) in [5, 5.41) is 0.482. The van der Waals surface area contributed by atoms with Gasteiger partial charge in [0.15, 0.2) is 0 Å². The Morgan fingerprint density at radius 2 is 1.89 bits per heavy atom. The lowest BCUT2D eigenvalue weighted by Gasteiger charge is -2.12. The minimum atomic E-state index is -0.543. The third-order valence-corrected chi connectivity index (χ3v) is 3.73. The van der Waals surface area contributed by atoms with Crippen molar-refractivity contribution in [3.63, 3.8) is 0 Å². The average Bonchev–Trinajstić information content (AvgIpc) is 2.87. The summed E-state index contributed by atoms with van der Waals surface area (Å²) in [4.78, 5) is 23.4. The van der Waals surface area contributed by atoms with Crippen LogP contribution in [0.5, 0.6) is 0 Å². The molecule has 18 heavy (non-hydrogen) atoms. The van der Waals surface area contributed by atoms with Gasteiger partial charge in [-0.2, -0.15) is 0 Å².